The molecule has 0 aromatic heterocycles. The van der Waals surface area contributed by atoms with E-state index in [4.69, 9.17) is 0 Å². The quantitative estimate of drug-likeness (QED) is 0.320. The molecule has 25 heavy (non-hydrogen) atoms. The number of aliphatic imine (C=N–C) groups is 1. The van der Waals surface area contributed by atoms with Crippen LogP contribution in [0.2, 0.25) is 0 Å². The van der Waals surface area contributed by atoms with E-state index in [1.807, 2.05) is 11.8 Å². The number of amides is 1. The first kappa shape index (κ1) is 24.4. The Morgan fingerprint density at radius 1 is 1.40 bits per heavy atom. The Morgan fingerprint density at radius 3 is 2.64 bits per heavy atom. The van der Waals surface area contributed by atoms with Gasteiger partial charge < -0.3 is 15.5 Å². The highest BCUT2D eigenvalue weighted by Gasteiger charge is 2.20. The van der Waals surface area contributed by atoms with E-state index in [0.29, 0.717) is 31.3 Å². The third kappa shape index (κ3) is 10.9. The normalized spacial score (nSPS) is 19.8. The second-order valence-corrected chi connectivity index (χ2v) is 9.06. The molecule has 1 saturated heterocycles. The largest absolute Gasteiger partial charge is 0.356 e. The number of hydrogen-bond donors (Lipinski definition) is 2. The van der Waals surface area contributed by atoms with Crippen molar-refractivity contribution in [2.75, 3.05) is 38.7 Å². The zero-order valence-electron chi connectivity index (χ0n) is 15.7. The molecule has 0 aliphatic carbocycles. The van der Waals surface area contributed by atoms with E-state index in [2.05, 4.69) is 22.5 Å². The highest BCUT2D eigenvalue weighted by molar-refractivity contribution is 14.0. The van der Waals surface area contributed by atoms with E-state index >= 15 is 0 Å². The number of carbonyl (C=O) groups is 1. The highest BCUT2D eigenvalue weighted by Crippen LogP contribution is 2.15. The number of nitrogens with one attached hydrogen (secondary N) is 2. The molecule has 0 saturated carbocycles. The molecule has 1 fully saturated rings. The fourth-order valence-corrected chi connectivity index (χ4v) is 3.53. The molecule has 1 aliphatic rings. The van der Waals surface area contributed by atoms with E-state index in [-0.39, 0.29) is 41.7 Å². The maximum absolute atomic E-state index is 12.2. The van der Waals surface area contributed by atoms with Crippen LogP contribution in [0.15, 0.2) is 4.99 Å². The summed E-state index contributed by atoms with van der Waals surface area (Å²) < 4.78 is 22.4. The number of carbonyl (C=O) groups excluding carboxylic acids is 1. The Kier molecular flexibility index (Phi) is 11.6. The summed E-state index contributed by atoms with van der Waals surface area (Å²) in [4.78, 5) is 18.3. The van der Waals surface area contributed by atoms with Crippen LogP contribution < -0.4 is 10.6 Å². The molecule has 1 rings (SSSR count). The first-order valence-corrected chi connectivity index (χ1v) is 10.7. The van der Waals surface area contributed by atoms with Crippen LogP contribution in [0.4, 0.5) is 0 Å². The maximum atomic E-state index is 12.2. The number of nitrogens with zero attached hydrogens (tertiary/aromatic N) is 2. The number of hydrogen-bond acceptors (Lipinski definition) is 4. The standard InChI is InChI=1S/C16H32N4O3S.HI/c1-13-6-5-10-20(12-13)15(21)7-9-18-16(17-3)19-14(2)8-11-24(4,22)23;/h13-14H,5-12H2,1-4H3,(H2,17,18,19);1H. The summed E-state index contributed by atoms with van der Waals surface area (Å²) in [6, 6.07) is -0.00966. The number of piperidine rings is 1. The Labute approximate surface area is 169 Å². The van der Waals surface area contributed by atoms with Crippen LogP contribution in [0.1, 0.15) is 39.5 Å². The van der Waals surface area contributed by atoms with Crippen LogP contribution in [0.3, 0.4) is 0 Å². The molecule has 2 N–H and O–H groups in total. The van der Waals surface area contributed by atoms with E-state index in [9.17, 15) is 13.2 Å². The van der Waals surface area contributed by atoms with Crippen molar-refractivity contribution in [1.82, 2.24) is 15.5 Å². The van der Waals surface area contributed by atoms with Gasteiger partial charge in [-0.05, 0) is 32.1 Å². The maximum Gasteiger partial charge on any atom is 0.224 e. The van der Waals surface area contributed by atoms with E-state index < -0.39 is 9.84 Å². The third-order valence-electron chi connectivity index (χ3n) is 4.17. The Morgan fingerprint density at radius 2 is 2.08 bits per heavy atom. The summed E-state index contributed by atoms with van der Waals surface area (Å²) in [5.74, 6) is 1.50. The number of guanidine groups is 1. The summed E-state index contributed by atoms with van der Waals surface area (Å²) in [5.41, 5.74) is 0. The first-order chi connectivity index (χ1) is 11.2. The van der Waals surface area contributed by atoms with Crippen molar-refractivity contribution in [3.8, 4) is 0 Å². The van der Waals surface area contributed by atoms with E-state index in [1.54, 1.807) is 7.05 Å². The van der Waals surface area contributed by atoms with Crippen molar-refractivity contribution in [3.05, 3.63) is 0 Å². The average molecular weight is 488 g/mol. The second-order valence-electron chi connectivity index (χ2n) is 6.80. The van der Waals surface area contributed by atoms with E-state index in [1.165, 1.54) is 12.7 Å². The minimum absolute atomic E-state index is 0. The average Bonchev–Trinajstić information content (AvgIpc) is 2.51. The Balaban J connectivity index is 0.00000576. The molecule has 1 heterocycles. The molecule has 1 amide bonds. The van der Waals surface area contributed by atoms with Crippen molar-refractivity contribution in [1.29, 1.82) is 0 Å². The number of halogens is 1. The fourth-order valence-electron chi connectivity index (χ4n) is 2.75. The lowest BCUT2D eigenvalue weighted by Crippen LogP contribution is -2.45. The van der Waals surface area contributed by atoms with Crippen LogP contribution in [-0.4, -0.2) is 69.9 Å². The monoisotopic (exact) mass is 488 g/mol. The van der Waals surface area contributed by atoms with Crippen molar-refractivity contribution < 1.29 is 13.2 Å². The smallest absolute Gasteiger partial charge is 0.224 e. The SMILES string of the molecule is CN=C(NCCC(=O)N1CCCC(C)C1)NC(C)CCS(C)(=O)=O.I. The van der Waals surface area contributed by atoms with Gasteiger partial charge in [0.2, 0.25) is 5.91 Å². The number of likely N-dealkylation sites (tertiary alicyclic amines) is 1. The van der Waals surface area contributed by atoms with Gasteiger partial charge >= 0.3 is 0 Å². The zero-order chi connectivity index (χ0) is 18.2. The molecule has 148 valence electrons. The summed E-state index contributed by atoms with van der Waals surface area (Å²) in [6.45, 7) is 6.33. The van der Waals surface area contributed by atoms with Gasteiger partial charge in [0, 0.05) is 45.4 Å². The zero-order valence-corrected chi connectivity index (χ0v) is 18.9. The molecule has 9 heteroatoms. The van der Waals surface area contributed by atoms with Gasteiger partial charge in [0.05, 0.1) is 5.75 Å². The van der Waals surface area contributed by atoms with Gasteiger partial charge in [0.1, 0.15) is 9.84 Å². The van der Waals surface area contributed by atoms with Crippen LogP contribution >= 0.6 is 24.0 Å². The molecule has 7 nitrogen and oxygen atoms in total. The summed E-state index contributed by atoms with van der Waals surface area (Å²) in [5, 5.41) is 6.27. The van der Waals surface area contributed by atoms with Crippen molar-refractivity contribution in [2.24, 2.45) is 10.9 Å². The predicted octanol–water partition coefficient (Wildman–Crippen LogP) is 1.24. The summed E-state index contributed by atoms with van der Waals surface area (Å²) >= 11 is 0. The second kappa shape index (κ2) is 11.9. The van der Waals surface area contributed by atoms with Gasteiger partial charge in [-0.25, -0.2) is 8.42 Å². The molecule has 1 aliphatic heterocycles. The van der Waals surface area contributed by atoms with Gasteiger partial charge in [0.25, 0.3) is 0 Å². The minimum Gasteiger partial charge on any atom is -0.356 e. The van der Waals surface area contributed by atoms with Crippen LogP contribution in [0.5, 0.6) is 0 Å². The Bertz CT molecular complexity index is 539. The van der Waals surface area contributed by atoms with Gasteiger partial charge in [-0.15, -0.1) is 24.0 Å². The lowest BCUT2D eigenvalue weighted by atomic mass is 10.00. The molecular weight excluding hydrogens is 455 g/mol. The lowest BCUT2D eigenvalue weighted by Gasteiger charge is -2.31. The predicted molar refractivity (Wildman–Crippen MR) is 113 cm³/mol. The number of sulfone groups is 1. The highest BCUT2D eigenvalue weighted by atomic mass is 127. The molecular formula is C16H33IN4O3S. The van der Waals surface area contributed by atoms with Crippen molar-refractivity contribution in [3.63, 3.8) is 0 Å². The minimum atomic E-state index is -2.96. The molecule has 0 spiro atoms. The van der Waals surface area contributed by atoms with Crippen LogP contribution in [-0.2, 0) is 14.6 Å². The molecule has 2 atom stereocenters. The van der Waals surface area contributed by atoms with Gasteiger partial charge in [-0.2, -0.15) is 0 Å². The van der Waals surface area contributed by atoms with Crippen molar-refractivity contribution in [2.45, 2.75) is 45.6 Å². The van der Waals surface area contributed by atoms with E-state index in [0.717, 1.165) is 19.5 Å². The molecule has 0 radical (unpaired) electrons. The van der Waals surface area contributed by atoms with Gasteiger partial charge in [-0.3, -0.25) is 9.79 Å². The van der Waals surface area contributed by atoms with Crippen molar-refractivity contribution >= 4 is 45.7 Å². The molecule has 2 unspecified atom stereocenters. The fraction of sp³-hybridized carbons (Fsp3) is 0.875. The topological polar surface area (TPSA) is 90.9 Å². The third-order valence-corrected chi connectivity index (χ3v) is 5.15. The first-order valence-electron chi connectivity index (χ1n) is 8.64. The Hall–Kier alpha value is -0.580. The van der Waals surface area contributed by atoms with Crippen LogP contribution in [0.25, 0.3) is 0 Å². The van der Waals surface area contributed by atoms with Crippen LogP contribution in [0, 0.1) is 5.92 Å². The lowest BCUT2D eigenvalue weighted by molar-refractivity contribution is -0.132. The number of rotatable bonds is 7. The molecule has 0 bridgehead atoms. The molecule has 0 aromatic carbocycles. The molecule has 0 aromatic rings. The summed E-state index contributed by atoms with van der Waals surface area (Å²) in [6.07, 6.45) is 4.47. The summed E-state index contributed by atoms with van der Waals surface area (Å²) in [7, 11) is -1.30. The van der Waals surface area contributed by atoms with Gasteiger partial charge in [0.15, 0.2) is 5.96 Å². The van der Waals surface area contributed by atoms with Gasteiger partial charge in [-0.1, -0.05) is 6.92 Å².